The average Bonchev–Trinajstić information content (AvgIpc) is 3.32. The number of hydrogen-bond donors (Lipinski definition) is 2. The van der Waals surface area contributed by atoms with E-state index >= 15 is 0 Å². The predicted molar refractivity (Wildman–Crippen MR) is 111 cm³/mol. The van der Waals surface area contributed by atoms with E-state index in [1.54, 1.807) is 0 Å². The van der Waals surface area contributed by atoms with Crippen LogP contribution in [0.5, 0.6) is 0 Å². The van der Waals surface area contributed by atoms with E-state index in [9.17, 15) is 13.7 Å². The third-order valence-corrected chi connectivity index (χ3v) is 7.84. The normalized spacial score (nSPS) is 16.3. The van der Waals surface area contributed by atoms with Crippen LogP contribution in [0.1, 0.15) is 39.2 Å². The summed E-state index contributed by atoms with van der Waals surface area (Å²) in [6.45, 7) is 5.76. The number of sulfonamides is 1. The van der Waals surface area contributed by atoms with E-state index in [0.29, 0.717) is 24.1 Å². The number of halogens is 1. The number of hydrogen-bond acceptors (Lipinski definition) is 5. The number of fused-ring (bicyclic) bond motifs is 1. The first-order valence-corrected chi connectivity index (χ1v) is 10.9. The van der Waals surface area contributed by atoms with Gasteiger partial charge in [-0.1, -0.05) is 6.07 Å². The van der Waals surface area contributed by atoms with Crippen LogP contribution in [-0.4, -0.2) is 30.2 Å². The van der Waals surface area contributed by atoms with Crippen LogP contribution in [0.25, 0.3) is 10.9 Å². The fourth-order valence-electron chi connectivity index (χ4n) is 2.91. The van der Waals surface area contributed by atoms with E-state index in [1.807, 2.05) is 39.0 Å². The summed E-state index contributed by atoms with van der Waals surface area (Å²) in [5, 5.41) is 13.6. The maximum absolute atomic E-state index is 12.8. The zero-order valence-electron chi connectivity index (χ0n) is 14.9. The second kappa shape index (κ2) is 6.62. The maximum atomic E-state index is 12.8. The monoisotopic (exact) mass is 484 g/mol. The summed E-state index contributed by atoms with van der Waals surface area (Å²) in [7, 11) is -3.47. The van der Waals surface area contributed by atoms with Crippen LogP contribution in [0.2, 0.25) is 0 Å². The molecule has 2 N–H and O–H groups in total. The van der Waals surface area contributed by atoms with Gasteiger partial charge in [-0.15, -0.1) is 0 Å². The minimum absolute atomic E-state index is 0.261. The second-order valence-corrected chi connectivity index (χ2v) is 10.9. The molecule has 0 spiro atoms. The van der Waals surface area contributed by atoms with E-state index in [0.717, 1.165) is 14.5 Å². The Morgan fingerprint density at radius 3 is 2.62 bits per heavy atom. The average molecular weight is 484 g/mol. The molecule has 1 heterocycles. The molecule has 1 fully saturated rings. The molecule has 0 saturated heterocycles. The largest absolute Gasteiger partial charge is 0.382 e. The van der Waals surface area contributed by atoms with Crippen molar-refractivity contribution in [1.82, 2.24) is 9.71 Å². The van der Waals surface area contributed by atoms with Crippen molar-refractivity contribution in [1.29, 1.82) is 5.26 Å². The first-order chi connectivity index (χ1) is 12.1. The number of benzene rings is 1. The van der Waals surface area contributed by atoms with E-state index in [4.69, 9.17) is 0 Å². The molecule has 1 aromatic carbocycles. The Kier molecular flexibility index (Phi) is 4.92. The molecule has 0 amide bonds. The van der Waals surface area contributed by atoms with Crippen LogP contribution in [0.3, 0.4) is 0 Å². The minimum Gasteiger partial charge on any atom is -0.382 e. The fraction of sp³-hybridized carbons (Fsp3) is 0.444. The van der Waals surface area contributed by atoms with Crippen LogP contribution < -0.4 is 10.0 Å². The third-order valence-electron chi connectivity index (χ3n) is 4.37. The highest BCUT2D eigenvalue weighted by molar-refractivity contribution is 14.1. The highest BCUT2D eigenvalue weighted by atomic mass is 127. The molecule has 1 saturated carbocycles. The fourth-order valence-corrected chi connectivity index (χ4v) is 5.59. The summed E-state index contributed by atoms with van der Waals surface area (Å²) < 4.78 is 28.5. The number of aromatic nitrogens is 1. The number of pyridine rings is 1. The molecule has 2 aromatic rings. The van der Waals surface area contributed by atoms with Crippen molar-refractivity contribution in [2.75, 3.05) is 11.9 Å². The van der Waals surface area contributed by atoms with Gasteiger partial charge in [0.05, 0.1) is 16.8 Å². The third kappa shape index (κ3) is 3.66. The van der Waals surface area contributed by atoms with Gasteiger partial charge in [-0.05, 0) is 68.3 Å². The zero-order valence-corrected chi connectivity index (χ0v) is 17.9. The van der Waals surface area contributed by atoms with Crippen molar-refractivity contribution in [2.45, 2.75) is 43.9 Å². The molecule has 0 radical (unpaired) electrons. The molecule has 1 aliphatic rings. The first kappa shape index (κ1) is 19.3. The van der Waals surface area contributed by atoms with Gasteiger partial charge in [-0.3, -0.25) is 4.98 Å². The molecule has 0 unspecified atom stereocenters. The van der Waals surface area contributed by atoms with Crippen LogP contribution in [0.4, 0.5) is 5.69 Å². The number of nitriles is 1. The van der Waals surface area contributed by atoms with Gasteiger partial charge in [0.2, 0.25) is 10.0 Å². The number of anilines is 1. The van der Waals surface area contributed by atoms with E-state index in [-0.39, 0.29) is 6.54 Å². The summed E-state index contributed by atoms with van der Waals surface area (Å²) in [5.41, 5.74) is 1.32. The topological polar surface area (TPSA) is 94.9 Å². The molecule has 3 rings (SSSR count). The molecule has 1 aromatic heterocycles. The van der Waals surface area contributed by atoms with E-state index in [1.165, 1.54) is 6.20 Å². The number of nitrogens with one attached hydrogen (secondary N) is 2. The quantitative estimate of drug-likeness (QED) is 0.635. The van der Waals surface area contributed by atoms with Crippen molar-refractivity contribution in [3.63, 3.8) is 0 Å². The Bertz CT molecular complexity index is 1000. The molecular weight excluding hydrogens is 463 g/mol. The molecule has 138 valence electrons. The van der Waals surface area contributed by atoms with Crippen molar-refractivity contribution >= 4 is 49.2 Å². The van der Waals surface area contributed by atoms with Gasteiger partial charge >= 0.3 is 0 Å². The molecular formula is C18H21IN4O2S. The van der Waals surface area contributed by atoms with Crippen LogP contribution in [0.15, 0.2) is 24.4 Å². The smallest absolute Gasteiger partial charge is 0.219 e. The van der Waals surface area contributed by atoms with Gasteiger partial charge in [0.1, 0.15) is 10.8 Å². The van der Waals surface area contributed by atoms with Crippen LogP contribution >= 0.6 is 22.6 Å². The lowest BCUT2D eigenvalue weighted by atomic mass is 10.1. The predicted octanol–water partition coefficient (Wildman–Crippen LogP) is 3.37. The Morgan fingerprint density at radius 1 is 1.35 bits per heavy atom. The van der Waals surface area contributed by atoms with Crippen molar-refractivity contribution in [2.24, 2.45) is 0 Å². The first-order valence-electron chi connectivity index (χ1n) is 8.33. The molecule has 6 nitrogen and oxygen atoms in total. The minimum atomic E-state index is -3.47. The zero-order chi connectivity index (χ0) is 19.2. The summed E-state index contributed by atoms with van der Waals surface area (Å²) in [5.74, 6) is 0. The Labute approximate surface area is 167 Å². The van der Waals surface area contributed by atoms with Gasteiger partial charge in [-0.25, -0.2) is 13.1 Å². The van der Waals surface area contributed by atoms with Gasteiger partial charge in [0, 0.05) is 27.2 Å². The van der Waals surface area contributed by atoms with E-state index in [2.05, 4.69) is 43.7 Å². The maximum Gasteiger partial charge on any atom is 0.219 e. The summed E-state index contributed by atoms with van der Waals surface area (Å²) >= 11 is 2.21. The van der Waals surface area contributed by atoms with Crippen molar-refractivity contribution < 1.29 is 8.42 Å². The Morgan fingerprint density at radius 2 is 2.04 bits per heavy atom. The summed E-state index contributed by atoms with van der Waals surface area (Å²) in [6, 6.07) is 7.89. The summed E-state index contributed by atoms with van der Waals surface area (Å²) in [6.07, 6.45) is 2.74. The summed E-state index contributed by atoms with van der Waals surface area (Å²) in [4.78, 5) is 4.33. The van der Waals surface area contributed by atoms with Gasteiger partial charge in [0.15, 0.2) is 0 Å². The molecule has 0 atom stereocenters. The number of rotatable bonds is 5. The standard InChI is InChI=1S/C18H21IN4O2S/c1-17(2,3)23-26(24,25)18(7-8-18)11-22-16-12(9-20)10-21-14-6-4-5-13(19)15(14)16/h4-6,10,23H,7-8,11H2,1-3H3,(H,21,22). The Balaban J connectivity index is 1.95. The highest BCUT2D eigenvalue weighted by Crippen LogP contribution is 2.44. The molecule has 0 bridgehead atoms. The lowest BCUT2D eigenvalue weighted by Gasteiger charge is -2.26. The van der Waals surface area contributed by atoms with Crippen LogP contribution in [-0.2, 0) is 10.0 Å². The SMILES string of the molecule is CC(C)(C)NS(=O)(=O)C1(CNc2c(C#N)cnc3cccc(I)c23)CC1. The van der Waals surface area contributed by atoms with Gasteiger partial charge in [0.25, 0.3) is 0 Å². The van der Waals surface area contributed by atoms with Crippen molar-refractivity contribution in [3.05, 3.63) is 33.5 Å². The number of nitrogens with zero attached hydrogens (tertiary/aromatic N) is 2. The van der Waals surface area contributed by atoms with Crippen molar-refractivity contribution in [3.8, 4) is 6.07 Å². The highest BCUT2D eigenvalue weighted by Gasteiger charge is 2.55. The van der Waals surface area contributed by atoms with Crippen LogP contribution in [0, 0.1) is 14.9 Å². The lowest BCUT2D eigenvalue weighted by Crippen LogP contribution is -2.48. The van der Waals surface area contributed by atoms with Gasteiger partial charge in [-0.2, -0.15) is 5.26 Å². The molecule has 26 heavy (non-hydrogen) atoms. The molecule has 1 aliphatic carbocycles. The van der Waals surface area contributed by atoms with E-state index < -0.39 is 20.3 Å². The lowest BCUT2D eigenvalue weighted by molar-refractivity contribution is 0.482. The second-order valence-electron chi connectivity index (χ2n) is 7.68. The molecule has 0 aliphatic heterocycles. The molecule has 8 heteroatoms. The van der Waals surface area contributed by atoms with Gasteiger partial charge < -0.3 is 5.32 Å². The Hall–Kier alpha value is -1.44.